The molecule has 0 bridgehead atoms. The average molecular weight is 503 g/mol. The molecule has 1 fully saturated rings. The fourth-order valence-electron chi connectivity index (χ4n) is 3.36. The van der Waals surface area contributed by atoms with Crippen LogP contribution in [0.5, 0.6) is 5.75 Å². The lowest BCUT2D eigenvalue weighted by Crippen LogP contribution is -2.53. The second kappa shape index (κ2) is 11.8. The van der Waals surface area contributed by atoms with Gasteiger partial charge >= 0.3 is 6.18 Å². The molecular weight excluding hydrogens is 468 g/mol. The van der Waals surface area contributed by atoms with Crippen molar-refractivity contribution < 1.29 is 27.1 Å². The Labute approximate surface area is 203 Å². The number of aliphatic imine (C=N–C) groups is 2. The summed E-state index contributed by atoms with van der Waals surface area (Å²) < 4.78 is 58.9. The van der Waals surface area contributed by atoms with Crippen LogP contribution in [-0.4, -0.2) is 51.1 Å². The fraction of sp³-hybridized carbons (Fsp3) is 0.609. The molecule has 1 aromatic rings. The molecule has 4 N–H and O–H groups in total. The highest BCUT2D eigenvalue weighted by Gasteiger charge is 2.43. The summed E-state index contributed by atoms with van der Waals surface area (Å²) >= 11 is 0. The number of carbonyl (C=O) groups excluding carboxylic acids is 1. The Bertz CT molecular complexity index is 930. The maximum Gasteiger partial charge on any atom is 0.392 e. The molecule has 2 rings (SSSR count). The summed E-state index contributed by atoms with van der Waals surface area (Å²) in [5, 5.41) is 5.53. The normalized spacial score (nSPS) is 21.1. The van der Waals surface area contributed by atoms with Gasteiger partial charge < -0.3 is 15.0 Å². The Morgan fingerprint density at radius 3 is 2.51 bits per heavy atom. The minimum Gasteiger partial charge on any atom is -0.494 e. The van der Waals surface area contributed by atoms with E-state index in [9.17, 15) is 22.4 Å². The molecule has 1 aliphatic rings. The van der Waals surface area contributed by atoms with Gasteiger partial charge in [0.25, 0.3) is 0 Å². The first-order chi connectivity index (χ1) is 16.2. The maximum atomic E-state index is 14.1. The number of methoxy groups -OCH3 is 1. The Morgan fingerprint density at radius 2 is 1.97 bits per heavy atom. The summed E-state index contributed by atoms with van der Waals surface area (Å²) in [6, 6.07) is 4.36. The van der Waals surface area contributed by atoms with Crippen molar-refractivity contribution in [2.24, 2.45) is 27.2 Å². The molecule has 12 heteroatoms. The molecule has 4 atom stereocenters. The van der Waals surface area contributed by atoms with Crippen LogP contribution in [-0.2, 0) is 4.79 Å². The molecule has 0 saturated carbocycles. The number of halogens is 4. The zero-order valence-corrected chi connectivity index (χ0v) is 20.8. The molecule has 0 aromatic heterocycles. The first-order valence-electron chi connectivity index (χ1n) is 11.2. The minimum atomic E-state index is -4.57. The van der Waals surface area contributed by atoms with E-state index in [-0.39, 0.29) is 23.2 Å². The van der Waals surface area contributed by atoms with E-state index in [1.807, 2.05) is 20.8 Å². The minimum absolute atomic E-state index is 0.0367. The highest BCUT2D eigenvalue weighted by molar-refractivity contribution is 6.04. The zero-order valence-electron chi connectivity index (χ0n) is 20.8. The number of ether oxygens (including phenoxy) is 1. The molecule has 0 spiro atoms. The van der Waals surface area contributed by atoms with Crippen LogP contribution >= 0.6 is 0 Å². The highest BCUT2D eigenvalue weighted by Crippen LogP contribution is 2.31. The van der Waals surface area contributed by atoms with Crippen molar-refractivity contribution in [3.8, 4) is 5.75 Å². The van der Waals surface area contributed by atoms with E-state index in [0.717, 1.165) is 13.1 Å². The molecule has 1 aliphatic heterocycles. The molecule has 8 nitrogen and oxygen atoms in total. The second-order valence-electron chi connectivity index (χ2n) is 9.65. The first-order valence-corrected chi connectivity index (χ1v) is 11.2. The molecule has 1 heterocycles. The van der Waals surface area contributed by atoms with Crippen molar-refractivity contribution in [1.29, 1.82) is 0 Å². The molecule has 35 heavy (non-hydrogen) atoms. The Balaban J connectivity index is 2.16. The number of nitrogens with zero attached hydrogens (tertiary/aromatic N) is 2. The van der Waals surface area contributed by atoms with Gasteiger partial charge in [-0.25, -0.2) is 15.2 Å². The number of alkyl halides is 3. The largest absolute Gasteiger partial charge is 0.494 e. The van der Waals surface area contributed by atoms with Gasteiger partial charge in [-0.3, -0.25) is 15.1 Å². The summed E-state index contributed by atoms with van der Waals surface area (Å²) in [4.78, 5) is 20.8. The highest BCUT2D eigenvalue weighted by atomic mass is 19.4. The Hall–Kier alpha value is -2.73. The third-order valence-electron chi connectivity index (χ3n) is 5.41. The number of guanidine groups is 1. The first kappa shape index (κ1) is 28.5. The van der Waals surface area contributed by atoms with Gasteiger partial charge in [-0.05, 0) is 23.1 Å². The van der Waals surface area contributed by atoms with Gasteiger partial charge in [0.15, 0.2) is 17.5 Å². The Kier molecular flexibility index (Phi) is 9.61. The van der Waals surface area contributed by atoms with Crippen LogP contribution in [0.4, 0.5) is 17.6 Å². The molecule has 1 saturated heterocycles. The summed E-state index contributed by atoms with van der Waals surface area (Å²) in [6.45, 7) is 7.07. The maximum absolute atomic E-state index is 14.1. The number of rotatable bonds is 7. The molecule has 1 amide bonds. The molecule has 0 aliphatic carbocycles. The molecular formula is C23H34F4N6O2. The lowest BCUT2D eigenvalue weighted by atomic mass is 9.93. The van der Waals surface area contributed by atoms with E-state index in [0.29, 0.717) is 18.5 Å². The van der Waals surface area contributed by atoms with Gasteiger partial charge in [-0.2, -0.15) is 13.2 Å². The van der Waals surface area contributed by atoms with Crippen molar-refractivity contribution in [3.05, 3.63) is 29.6 Å². The van der Waals surface area contributed by atoms with Gasteiger partial charge in [0.2, 0.25) is 5.91 Å². The van der Waals surface area contributed by atoms with E-state index < -0.39 is 35.9 Å². The van der Waals surface area contributed by atoms with E-state index in [4.69, 9.17) is 4.74 Å². The van der Waals surface area contributed by atoms with E-state index in [1.54, 1.807) is 6.07 Å². The predicted molar refractivity (Wildman–Crippen MR) is 127 cm³/mol. The van der Waals surface area contributed by atoms with Crippen LogP contribution in [0.2, 0.25) is 0 Å². The number of hydrazine groups is 1. The number of hydrogen-bond donors (Lipinski definition) is 4. The van der Waals surface area contributed by atoms with Crippen molar-refractivity contribution >= 4 is 18.1 Å². The number of hydrogen-bond acceptors (Lipinski definition) is 6. The van der Waals surface area contributed by atoms with Crippen LogP contribution in [0.1, 0.15) is 45.7 Å². The summed E-state index contributed by atoms with van der Waals surface area (Å²) in [7, 11) is 2.69. The summed E-state index contributed by atoms with van der Waals surface area (Å²) in [5.41, 5.74) is 6.49. The van der Waals surface area contributed by atoms with Crippen molar-refractivity contribution in [1.82, 2.24) is 21.5 Å². The average Bonchev–Trinajstić information content (AvgIpc) is 3.22. The summed E-state index contributed by atoms with van der Waals surface area (Å²) in [5.74, 6) is -4.66. The van der Waals surface area contributed by atoms with Crippen LogP contribution in [0.25, 0.3) is 0 Å². The predicted octanol–water partition coefficient (Wildman–Crippen LogP) is 3.32. The third-order valence-corrected chi connectivity index (χ3v) is 5.41. The molecule has 196 valence electrons. The number of benzene rings is 1. The number of carbonyl (C=O) groups is 1. The van der Waals surface area contributed by atoms with Gasteiger partial charge in [0.1, 0.15) is 0 Å². The van der Waals surface area contributed by atoms with E-state index in [2.05, 4.69) is 31.5 Å². The zero-order chi connectivity index (χ0) is 26.4. The van der Waals surface area contributed by atoms with Crippen molar-refractivity contribution in [3.63, 3.8) is 0 Å². The second-order valence-corrected chi connectivity index (χ2v) is 9.65. The summed E-state index contributed by atoms with van der Waals surface area (Å²) in [6.07, 6.45) is -3.59. The quantitative estimate of drug-likeness (QED) is 0.261. The lowest BCUT2D eigenvalue weighted by Gasteiger charge is -2.24. The molecule has 1 aromatic carbocycles. The molecule has 4 unspecified atom stereocenters. The smallest absolute Gasteiger partial charge is 0.392 e. The van der Waals surface area contributed by atoms with Crippen LogP contribution in [0.15, 0.2) is 28.2 Å². The van der Waals surface area contributed by atoms with Crippen LogP contribution in [0.3, 0.4) is 0 Å². The van der Waals surface area contributed by atoms with Gasteiger partial charge in [-0.15, -0.1) is 0 Å². The van der Waals surface area contributed by atoms with E-state index >= 15 is 0 Å². The van der Waals surface area contributed by atoms with Gasteiger partial charge in [-0.1, -0.05) is 33.8 Å². The lowest BCUT2D eigenvalue weighted by molar-refractivity contribution is -0.180. The topological polar surface area (TPSA) is 99.1 Å². The number of nitrogens with one attached hydrogen (secondary N) is 4. The van der Waals surface area contributed by atoms with Gasteiger partial charge in [0, 0.05) is 32.3 Å². The monoisotopic (exact) mass is 502 g/mol. The number of amides is 1. The Morgan fingerprint density at radius 1 is 1.29 bits per heavy atom. The van der Waals surface area contributed by atoms with Crippen molar-refractivity contribution in [2.75, 3.05) is 20.7 Å². The standard InChI is InChI=1S/C23H34F4N6O2/c1-13(23(25,26)27)15(11-28-5)20(34)31-21(29-12-22(2,3)4)30-19-10-17(32-33-19)14-7-8-18(35-6)16(24)9-14/h7-9,11,13,15,17,19,32-33H,10,12H2,1-6H3,(H2,29,30,31,34). The fourth-order valence-corrected chi connectivity index (χ4v) is 3.36. The third kappa shape index (κ3) is 8.46. The van der Waals surface area contributed by atoms with Crippen LogP contribution in [0, 0.1) is 23.1 Å². The SMILES string of the molecule is CN=CC(C(=O)NC(=NCC(C)(C)C)NC1CC(c2ccc(OC)c(F)c2)NN1)C(C)C(F)(F)F. The van der Waals surface area contributed by atoms with Crippen LogP contribution < -0.4 is 26.2 Å². The van der Waals surface area contributed by atoms with Crippen molar-refractivity contribution in [2.45, 2.75) is 52.5 Å². The molecule has 0 radical (unpaired) electrons. The van der Waals surface area contributed by atoms with Gasteiger partial charge in [0.05, 0.1) is 25.1 Å². The van der Waals surface area contributed by atoms with E-state index in [1.165, 1.54) is 26.3 Å².